The van der Waals surface area contributed by atoms with E-state index in [4.69, 9.17) is 0 Å². The molecule has 0 aliphatic rings. The Hall–Kier alpha value is -0.920. The van der Waals surface area contributed by atoms with Gasteiger partial charge >= 0.3 is 0 Å². The summed E-state index contributed by atoms with van der Waals surface area (Å²) >= 11 is 0. The van der Waals surface area contributed by atoms with Crippen molar-refractivity contribution in [1.29, 1.82) is 0 Å². The summed E-state index contributed by atoms with van der Waals surface area (Å²) in [6, 6.07) is 0. The summed E-state index contributed by atoms with van der Waals surface area (Å²) in [4.78, 5) is 0.354. The minimum Gasteiger partial charge on any atom is -0.318 e. The van der Waals surface area contributed by atoms with E-state index >= 15 is 0 Å². The van der Waals surface area contributed by atoms with Crippen molar-refractivity contribution >= 4 is 10.0 Å². The lowest BCUT2D eigenvalue weighted by atomic mass is 10.4. The van der Waals surface area contributed by atoms with Crippen LogP contribution in [0.4, 0.5) is 0 Å². The lowest BCUT2D eigenvalue weighted by molar-refractivity contribution is 0.444. The summed E-state index contributed by atoms with van der Waals surface area (Å²) in [5, 5.41) is 7.37. The molecule has 0 saturated heterocycles. The zero-order chi connectivity index (χ0) is 14.6. The molecule has 1 rings (SSSR count). The van der Waals surface area contributed by atoms with Gasteiger partial charge in [0, 0.05) is 19.6 Å². The van der Waals surface area contributed by atoms with Gasteiger partial charge in [-0.15, -0.1) is 0 Å². The fraction of sp³-hybridized carbons (Fsp3) is 0.750. The van der Waals surface area contributed by atoms with Crippen molar-refractivity contribution in [2.75, 3.05) is 26.7 Å². The molecule has 1 heterocycles. The van der Waals surface area contributed by atoms with Crippen LogP contribution in [0.2, 0.25) is 0 Å². The average molecular weight is 288 g/mol. The molecule has 0 bridgehead atoms. The van der Waals surface area contributed by atoms with Gasteiger partial charge in [0.1, 0.15) is 4.90 Å². The van der Waals surface area contributed by atoms with Gasteiger partial charge < -0.3 is 5.32 Å². The Kier molecular flexibility index (Phi) is 5.51. The topological polar surface area (TPSA) is 67.2 Å². The Balaban J connectivity index is 3.24. The Morgan fingerprint density at radius 1 is 1.26 bits per heavy atom. The predicted molar refractivity (Wildman–Crippen MR) is 75.7 cm³/mol. The van der Waals surface area contributed by atoms with Crippen molar-refractivity contribution in [3.63, 3.8) is 0 Å². The maximum atomic E-state index is 12.6. The van der Waals surface area contributed by atoms with E-state index in [0.717, 1.165) is 6.54 Å². The number of rotatable bonds is 7. The molecule has 1 N–H and O–H groups in total. The van der Waals surface area contributed by atoms with Gasteiger partial charge in [-0.1, -0.05) is 13.8 Å². The molecule has 1 aromatic rings. The van der Waals surface area contributed by atoms with Gasteiger partial charge in [0.2, 0.25) is 10.0 Å². The van der Waals surface area contributed by atoms with Crippen LogP contribution >= 0.6 is 0 Å². The molecule has 0 radical (unpaired) electrons. The highest BCUT2D eigenvalue weighted by molar-refractivity contribution is 7.89. The number of aryl methyl sites for hydroxylation is 1. The van der Waals surface area contributed by atoms with Crippen molar-refractivity contribution in [2.45, 2.75) is 39.1 Å². The Morgan fingerprint density at radius 3 is 2.32 bits per heavy atom. The molecule has 110 valence electrons. The number of sulfonamides is 1. The standard InChI is InChI=1S/C12H24N4O2S/c1-6-15(7-2)19(17,18)12-10(3)14-16(11(12)4)9-8-13-5/h13H,6-9H2,1-5H3. The second-order valence-corrected chi connectivity index (χ2v) is 6.29. The Labute approximate surface area is 115 Å². The molecule has 1 aromatic heterocycles. The summed E-state index contributed by atoms with van der Waals surface area (Å²) in [7, 11) is -1.58. The highest BCUT2D eigenvalue weighted by Crippen LogP contribution is 2.23. The third-order valence-electron chi connectivity index (χ3n) is 3.19. The first-order valence-electron chi connectivity index (χ1n) is 6.58. The normalized spacial score (nSPS) is 12.3. The van der Waals surface area contributed by atoms with Crippen LogP contribution in [0.15, 0.2) is 4.90 Å². The van der Waals surface area contributed by atoms with Crippen molar-refractivity contribution < 1.29 is 8.42 Å². The first kappa shape index (κ1) is 16.1. The van der Waals surface area contributed by atoms with E-state index < -0.39 is 10.0 Å². The molecule has 0 fully saturated rings. The minimum absolute atomic E-state index is 0.354. The smallest absolute Gasteiger partial charge is 0.246 e. The predicted octanol–water partition coefficient (Wildman–Crippen LogP) is 0.750. The van der Waals surface area contributed by atoms with E-state index in [0.29, 0.717) is 35.9 Å². The molecule has 0 aliphatic carbocycles. The fourth-order valence-corrected chi connectivity index (χ4v) is 4.01. The van der Waals surface area contributed by atoms with Crippen LogP contribution in [0.1, 0.15) is 25.2 Å². The summed E-state index contributed by atoms with van der Waals surface area (Å²) in [5.74, 6) is 0. The van der Waals surface area contributed by atoms with Crippen LogP contribution in [-0.4, -0.2) is 49.2 Å². The van der Waals surface area contributed by atoms with E-state index in [-0.39, 0.29) is 0 Å². The van der Waals surface area contributed by atoms with Gasteiger partial charge in [-0.05, 0) is 20.9 Å². The molecule has 0 unspecified atom stereocenters. The lowest BCUT2D eigenvalue weighted by Gasteiger charge is -2.18. The number of hydrogen-bond acceptors (Lipinski definition) is 4. The van der Waals surface area contributed by atoms with Crippen LogP contribution in [0.3, 0.4) is 0 Å². The molecule has 0 saturated carbocycles. The summed E-state index contributed by atoms with van der Waals surface area (Å²) in [5.41, 5.74) is 1.28. The molecular formula is C12H24N4O2S. The van der Waals surface area contributed by atoms with Crippen molar-refractivity contribution in [1.82, 2.24) is 19.4 Å². The Bertz CT molecular complexity index is 518. The lowest BCUT2D eigenvalue weighted by Crippen LogP contribution is -2.31. The van der Waals surface area contributed by atoms with Crippen molar-refractivity contribution in [3.05, 3.63) is 11.4 Å². The average Bonchev–Trinajstić information content (AvgIpc) is 2.63. The fourth-order valence-electron chi connectivity index (χ4n) is 2.18. The number of likely N-dealkylation sites (N-methyl/N-ethyl adjacent to an activating group) is 1. The number of hydrogen-bond donors (Lipinski definition) is 1. The van der Waals surface area contributed by atoms with Gasteiger partial charge in [-0.25, -0.2) is 8.42 Å². The van der Waals surface area contributed by atoms with E-state index in [1.807, 2.05) is 27.8 Å². The SMILES string of the molecule is CCN(CC)S(=O)(=O)c1c(C)nn(CCNC)c1C. The molecule has 0 amide bonds. The zero-order valence-corrected chi connectivity index (χ0v) is 13.2. The molecule has 19 heavy (non-hydrogen) atoms. The monoisotopic (exact) mass is 288 g/mol. The first-order chi connectivity index (χ1) is 8.89. The van der Waals surface area contributed by atoms with Crippen LogP contribution in [-0.2, 0) is 16.6 Å². The maximum absolute atomic E-state index is 12.6. The van der Waals surface area contributed by atoms with E-state index in [2.05, 4.69) is 10.4 Å². The second kappa shape index (κ2) is 6.49. The van der Waals surface area contributed by atoms with Gasteiger partial charge in [-0.2, -0.15) is 9.40 Å². The molecule has 6 nitrogen and oxygen atoms in total. The van der Waals surface area contributed by atoms with E-state index in [1.54, 1.807) is 11.6 Å². The van der Waals surface area contributed by atoms with Crippen molar-refractivity contribution in [2.24, 2.45) is 0 Å². The van der Waals surface area contributed by atoms with E-state index in [1.165, 1.54) is 4.31 Å². The first-order valence-corrected chi connectivity index (χ1v) is 8.02. The van der Waals surface area contributed by atoms with Crippen molar-refractivity contribution in [3.8, 4) is 0 Å². The molecule has 0 aromatic carbocycles. The minimum atomic E-state index is -3.44. The van der Waals surface area contributed by atoms with Gasteiger partial charge in [0.15, 0.2) is 0 Å². The Morgan fingerprint density at radius 2 is 1.84 bits per heavy atom. The van der Waals surface area contributed by atoms with E-state index in [9.17, 15) is 8.42 Å². The van der Waals surface area contributed by atoms with Crippen LogP contribution < -0.4 is 5.32 Å². The highest BCUT2D eigenvalue weighted by atomic mass is 32.2. The molecule has 0 spiro atoms. The quantitative estimate of drug-likeness (QED) is 0.804. The van der Waals surface area contributed by atoms with Gasteiger partial charge in [0.25, 0.3) is 0 Å². The van der Waals surface area contributed by atoms with Crippen LogP contribution in [0.25, 0.3) is 0 Å². The van der Waals surface area contributed by atoms with Gasteiger partial charge in [0.05, 0.1) is 17.9 Å². The third-order valence-corrected chi connectivity index (χ3v) is 5.49. The number of nitrogens with one attached hydrogen (secondary N) is 1. The third kappa shape index (κ3) is 3.16. The molecular weight excluding hydrogens is 264 g/mol. The number of aromatic nitrogens is 2. The summed E-state index contributed by atoms with van der Waals surface area (Å²) < 4.78 is 28.4. The summed E-state index contributed by atoms with van der Waals surface area (Å²) in [6.45, 7) is 9.61. The zero-order valence-electron chi connectivity index (χ0n) is 12.4. The summed E-state index contributed by atoms with van der Waals surface area (Å²) in [6.07, 6.45) is 0. The van der Waals surface area contributed by atoms with Gasteiger partial charge in [-0.3, -0.25) is 4.68 Å². The molecule has 0 aliphatic heterocycles. The van der Waals surface area contributed by atoms with Crippen LogP contribution in [0.5, 0.6) is 0 Å². The molecule has 7 heteroatoms. The largest absolute Gasteiger partial charge is 0.318 e. The highest BCUT2D eigenvalue weighted by Gasteiger charge is 2.28. The second-order valence-electron chi connectivity index (χ2n) is 4.42. The molecule has 0 atom stereocenters. The number of nitrogens with zero attached hydrogens (tertiary/aromatic N) is 3. The maximum Gasteiger partial charge on any atom is 0.246 e. The van der Waals surface area contributed by atoms with Crippen LogP contribution in [0, 0.1) is 13.8 Å².